The summed E-state index contributed by atoms with van der Waals surface area (Å²) >= 11 is 3.47. The monoisotopic (exact) mass is 447 g/mol. The van der Waals surface area contributed by atoms with Crippen LogP contribution in [0.15, 0.2) is 46.9 Å². The lowest BCUT2D eigenvalue weighted by Crippen LogP contribution is -2.47. The van der Waals surface area contributed by atoms with Crippen LogP contribution in [0.25, 0.3) is 0 Å². The molecule has 2 aromatic rings. The van der Waals surface area contributed by atoms with Crippen LogP contribution in [-0.4, -0.2) is 32.8 Å². The molecule has 1 saturated heterocycles. The highest BCUT2D eigenvalue weighted by Gasteiger charge is 2.41. The van der Waals surface area contributed by atoms with Crippen LogP contribution in [0.4, 0.5) is 0 Å². The molecular formula is C22H26BrNO4. The maximum Gasteiger partial charge on any atom is 0.231 e. The first-order valence-electron chi connectivity index (χ1n) is 9.51. The largest absolute Gasteiger partial charge is 0.493 e. The van der Waals surface area contributed by atoms with Crippen molar-refractivity contribution in [1.29, 1.82) is 0 Å². The second-order valence-electron chi connectivity index (χ2n) is 6.80. The van der Waals surface area contributed by atoms with Crippen molar-refractivity contribution in [2.75, 3.05) is 26.9 Å². The van der Waals surface area contributed by atoms with Crippen LogP contribution in [0.5, 0.6) is 11.5 Å². The van der Waals surface area contributed by atoms with Crippen molar-refractivity contribution in [3.63, 3.8) is 0 Å². The van der Waals surface area contributed by atoms with E-state index in [2.05, 4.69) is 21.2 Å². The SMILES string of the molecule is CCOc1ccc(CNC(=O)C2(c3ccc(Br)cc3)CCOCC2)cc1OC. The Kier molecular flexibility index (Phi) is 6.97. The highest BCUT2D eigenvalue weighted by atomic mass is 79.9. The number of hydrogen-bond acceptors (Lipinski definition) is 4. The van der Waals surface area contributed by atoms with Crippen LogP contribution in [0.3, 0.4) is 0 Å². The van der Waals surface area contributed by atoms with E-state index in [4.69, 9.17) is 14.2 Å². The third kappa shape index (κ3) is 4.50. The van der Waals surface area contributed by atoms with Gasteiger partial charge in [0, 0.05) is 24.2 Å². The topological polar surface area (TPSA) is 56.8 Å². The van der Waals surface area contributed by atoms with Crippen LogP contribution in [-0.2, 0) is 21.5 Å². The molecule has 0 radical (unpaired) electrons. The Balaban J connectivity index is 1.76. The van der Waals surface area contributed by atoms with Gasteiger partial charge in [0.05, 0.1) is 19.1 Å². The second kappa shape index (κ2) is 9.43. The molecule has 28 heavy (non-hydrogen) atoms. The summed E-state index contributed by atoms with van der Waals surface area (Å²) in [6.45, 7) is 4.11. The van der Waals surface area contributed by atoms with Gasteiger partial charge in [-0.1, -0.05) is 34.1 Å². The molecule has 0 bridgehead atoms. The van der Waals surface area contributed by atoms with Crippen molar-refractivity contribution in [2.24, 2.45) is 0 Å². The van der Waals surface area contributed by atoms with Crippen LogP contribution in [0.1, 0.15) is 30.9 Å². The lowest BCUT2D eigenvalue weighted by atomic mass is 9.73. The van der Waals surface area contributed by atoms with Gasteiger partial charge >= 0.3 is 0 Å². The lowest BCUT2D eigenvalue weighted by Gasteiger charge is -2.36. The van der Waals surface area contributed by atoms with E-state index >= 15 is 0 Å². The number of rotatable bonds is 7. The smallest absolute Gasteiger partial charge is 0.231 e. The van der Waals surface area contributed by atoms with Crippen molar-refractivity contribution in [3.05, 3.63) is 58.1 Å². The Morgan fingerprint density at radius 1 is 1.14 bits per heavy atom. The predicted molar refractivity (Wildman–Crippen MR) is 112 cm³/mol. The summed E-state index contributed by atoms with van der Waals surface area (Å²) in [6, 6.07) is 13.7. The van der Waals surface area contributed by atoms with Gasteiger partial charge in [0.25, 0.3) is 0 Å². The van der Waals surface area contributed by atoms with E-state index in [0.717, 1.165) is 15.6 Å². The molecular weight excluding hydrogens is 422 g/mol. The molecule has 1 fully saturated rings. The molecule has 1 aliphatic heterocycles. The zero-order valence-corrected chi connectivity index (χ0v) is 17.9. The van der Waals surface area contributed by atoms with Gasteiger partial charge in [-0.2, -0.15) is 0 Å². The molecule has 0 spiro atoms. The van der Waals surface area contributed by atoms with E-state index in [1.165, 1.54) is 0 Å². The summed E-state index contributed by atoms with van der Waals surface area (Å²) in [5.74, 6) is 1.41. The summed E-state index contributed by atoms with van der Waals surface area (Å²) in [7, 11) is 1.62. The first-order valence-corrected chi connectivity index (χ1v) is 10.3. The number of benzene rings is 2. The fourth-order valence-electron chi connectivity index (χ4n) is 3.58. The quantitative estimate of drug-likeness (QED) is 0.689. The zero-order valence-electron chi connectivity index (χ0n) is 16.3. The van der Waals surface area contributed by atoms with Gasteiger partial charge in [-0.3, -0.25) is 4.79 Å². The molecule has 150 valence electrons. The van der Waals surface area contributed by atoms with Crippen LogP contribution in [0, 0.1) is 0 Å². The number of methoxy groups -OCH3 is 1. The molecule has 5 nitrogen and oxygen atoms in total. The first-order chi connectivity index (χ1) is 13.6. The summed E-state index contributed by atoms with van der Waals surface area (Å²) in [5.41, 5.74) is 1.43. The Hall–Kier alpha value is -2.05. The van der Waals surface area contributed by atoms with E-state index in [9.17, 15) is 4.79 Å². The minimum absolute atomic E-state index is 0.0333. The van der Waals surface area contributed by atoms with E-state index in [1.807, 2.05) is 49.4 Å². The van der Waals surface area contributed by atoms with Gasteiger partial charge in [0.15, 0.2) is 11.5 Å². The number of carbonyl (C=O) groups is 1. The zero-order chi connectivity index (χ0) is 20.0. The molecule has 1 heterocycles. The van der Waals surface area contributed by atoms with Crippen LogP contribution in [0.2, 0.25) is 0 Å². The molecule has 1 aliphatic rings. The van der Waals surface area contributed by atoms with Crippen molar-refractivity contribution in [3.8, 4) is 11.5 Å². The highest BCUT2D eigenvalue weighted by molar-refractivity contribution is 9.10. The van der Waals surface area contributed by atoms with E-state index < -0.39 is 5.41 Å². The van der Waals surface area contributed by atoms with Crippen LogP contribution >= 0.6 is 15.9 Å². The fraction of sp³-hybridized carbons (Fsp3) is 0.409. The number of ether oxygens (including phenoxy) is 3. The van der Waals surface area contributed by atoms with Gasteiger partial charge in [0.2, 0.25) is 5.91 Å². The molecule has 2 aromatic carbocycles. The first kappa shape index (κ1) is 20.7. The molecule has 3 rings (SSSR count). The third-order valence-electron chi connectivity index (χ3n) is 5.16. The van der Waals surface area contributed by atoms with Crippen LogP contribution < -0.4 is 14.8 Å². The standard InChI is InChI=1S/C22H26BrNO4/c1-3-28-19-9-4-16(14-20(19)26-2)15-24-21(25)22(10-12-27-13-11-22)17-5-7-18(23)8-6-17/h4-9,14H,3,10-13,15H2,1-2H3,(H,24,25). The second-order valence-corrected chi connectivity index (χ2v) is 7.72. The molecule has 0 aromatic heterocycles. The number of halogens is 1. The number of amides is 1. The maximum absolute atomic E-state index is 13.3. The van der Waals surface area contributed by atoms with Gasteiger partial charge in [-0.15, -0.1) is 0 Å². The average Bonchev–Trinajstić information content (AvgIpc) is 2.74. The van der Waals surface area contributed by atoms with Crippen molar-refractivity contribution >= 4 is 21.8 Å². The normalized spacial score (nSPS) is 15.7. The van der Waals surface area contributed by atoms with Crippen molar-refractivity contribution < 1.29 is 19.0 Å². The molecule has 0 atom stereocenters. The maximum atomic E-state index is 13.3. The molecule has 6 heteroatoms. The van der Waals surface area contributed by atoms with Crippen molar-refractivity contribution in [1.82, 2.24) is 5.32 Å². The molecule has 1 N–H and O–H groups in total. The molecule has 1 amide bonds. The highest BCUT2D eigenvalue weighted by Crippen LogP contribution is 2.36. The minimum atomic E-state index is -0.561. The summed E-state index contributed by atoms with van der Waals surface area (Å²) < 4.78 is 17.5. The third-order valence-corrected chi connectivity index (χ3v) is 5.69. The molecule has 0 saturated carbocycles. The lowest BCUT2D eigenvalue weighted by molar-refractivity contribution is -0.130. The summed E-state index contributed by atoms with van der Waals surface area (Å²) in [5, 5.41) is 3.12. The Labute approximate surface area is 174 Å². The summed E-state index contributed by atoms with van der Waals surface area (Å²) in [4.78, 5) is 13.3. The number of hydrogen-bond donors (Lipinski definition) is 1. The summed E-state index contributed by atoms with van der Waals surface area (Å²) in [6.07, 6.45) is 1.35. The van der Waals surface area contributed by atoms with Gasteiger partial charge < -0.3 is 19.5 Å². The Morgan fingerprint density at radius 2 is 1.86 bits per heavy atom. The van der Waals surface area contributed by atoms with E-state index in [0.29, 0.717) is 50.7 Å². The number of nitrogens with one attached hydrogen (secondary N) is 1. The van der Waals surface area contributed by atoms with Gasteiger partial charge in [-0.05, 0) is 55.2 Å². The number of carbonyl (C=O) groups excluding carboxylic acids is 1. The Morgan fingerprint density at radius 3 is 2.50 bits per heavy atom. The van der Waals surface area contributed by atoms with E-state index in [1.54, 1.807) is 7.11 Å². The average molecular weight is 448 g/mol. The minimum Gasteiger partial charge on any atom is -0.493 e. The van der Waals surface area contributed by atoms with E-state index in [-0.39, 0.29) is 5.91 Å². The fourth-order valence-corrected chi connectivity index (χ4v) is 3.85. The van der Waals surface area contributed by atoms with Crippen molar-refractivity contribution in [2.45, 2.75) is 31.7 Å². The predicted octanol–water partition coefficient (Wildman–Crippen LogP) is 4.22. The van der Waals surface area contributed by atoms with Gasteiger partial charge in [0.1, 0.15) is 0 Å². The Bertz CT molecular complexity index is 801. The van der Waals surface area contributed by atoms with Gasteiger partial charge in [-0.25, -0.2) is 0 Å². The molecule has 0 unspecified atom stereocenters. The molecule has 0 aliphatic carbocycles.